The molecule has 0 spiro atoms. The number of halogens is 1. The highest BCUT2D eigenvalue weighted by Crippen LogP contribution is 2.22. The van der Waals surface area contributed by atoms with Crippen molar-refractivity contribution < 1.29 is 9.53 Å². The summed E-state index contributed by atoms with van der Waals surface area (Å²) in [5.41, 5.74) is 1.83. The van der Waals surface area contributed by atoms with E-state index in [1.54, 1.807) is 48.5 Å². The van der Waals surface area contributed by atoms with Gasteiger partial charge in [0.2, 0.25) is 0 Å². The van der Waals surface area contributed by atoms with Crippen molar-refractivity contribution in [2.75, 3.05) is 5.32 Å². The summed E-state index contributed by atoms with van der Waals surface area (Å²) in [6.45, 7) is 0. The van der Waals surface area contributed by atoms with E-state index in [0.29, 0.717) is 22.6 Å². The van der Waals surface area contributed by atoms with Crippen LogP contribution in [0.4, 0.5) is 5.69 Å². The minimum absolute atomic E-state index is 0.192. The van der Waals surface area contributed by atoms with Gasteiger partial charge in [-0.25, -0.2) is 0 Å². The summed E-state index contributed by atoms with van der Waals surface area (Å²) >= 11 is 3.37. The second kappa shape index (κ2) is 7.65. The molecule has 1 amide bonds. The third-order valence-electron chi connectivity index (χ3n) is 3.42. The maximum absolute atomic E-state index is 12.3. The molecule has 0 aliphatic carbocycles. The molecule has 3 rings (SSSR count). The standard InChI is InChI=1S/C20H13BrN2O2/c21-16-2-1-3-17(12-16)23-20(24)15-6-10-19(11-7-15)25-18-8-4-14(13-22)5-9-18/h1-12H,(H,23,24). The number of benzene rings is 3. The van der Waals surface area contributed by atoms with Crippen molar-refractivity contribution in [3.05, 3.63) is 88.4 Å². The van der Waals surface area contributed by atoms with Gasteiger partial charge < -0.3 is 10.1 Å². The Morgan fingerprint density at radius 1 is 0.960 bits per heavy atom. The molecule has 3 aromatic rings. The molecule has 4 nitrogen and oxygen atoms in total. The van der Waals surface area contributed by atoms with E-state index in [0.717, 1.165) is 10.2 Å². The fourth-order valence-corrected chi connectivity index (χ4v) is 2.58. The summed E-state index contributed by atoms with van der Waals surface area (Å²) in [6.07, 6.45) is 0. The number of hydrogen-bond acceptors (Lipinski definition) is 3. The first-order valence-electron chi connectivity index (χ1n) is 7.49. The van der Waals surface area contributed by atoms with E-state index >= 15 is 0 Å². The average Bonchev–Trinajstić information content (AvgIpc) is 2.63. The van der Waals surface area contributed by atoms with Gasteiger partial charge in [-0.3, -0.25) is 4.79 Å². The first-order valence-corrected chi connectivity index (χ1v) is 8.28. The largest absolute Gasteiger partial charge is 0.457 e. The molecule has 0 saturated carbocycles. The second-order valence-electron chi connectivity index (χ2n) is 5.23. The zero-order valence-electron chi connectivity index (χ0n) is 13.1. The Labute approximate surface area is 153 Å². The number of hydrogen-bond donors (Lipinski definition) is 1. The number of ether oxygens (including phenoxy) is 1. The predicted octanol–water partition coefficient (Wildman–Crippen LogP) is 5.37. The minimum atomic E-state index is -0.192. The SMILES string of the molecule is N#Cc1ccc(Oc2ccc(C(=O)Nc3cccc(Br)c3)cc2)cc1. The van der Waals surface area contributed by atoms with Gasteiger partial charge in [0, 0.05) is 15.7 Å². The summed E-state index contributed by atoms with van der Waals surface area (Å²) < 4.78 is 6.60. The molecule has 122 valence electrons. The van der Waals surface area contributed by atoms with E-state index < -0.39 is 0 Å². The summed E-state index contributed by atoms with van der Waals surface area (Å²) in [4.78, 5) is 12.3. The normalized spacial score (nSPS) is 9.92. The van der Waals surface area contributed by atoms with Crippen molar-refractivity contribution in [3.8, 4) is 17.6 Å². The topological polar surface area (TPSA) is 62.1 Å². The number of anilines is 1. The van der Waals surface area contributed by atoms with E-state index in [4.69, 9.17) is 10.00 Å². The number of amides is 1. The second-order valence-corrected chi connectivity index (χ2v) is 6.14. The van der Waals surface area contributed by atoms with Crippen LogP contribution in [0.3, 0.4) is 0 Å². The molecule has 0 aromatic heterocycles. The lowest BCUT2D eigenvalue weighted by Crippen LogP contribution is -2.11. The van der Waals surface area contributed by atoms with Gasteiger partial charge in [0.15, 0.2) is 0 Å². The molecule has 25 heavy (non-hydrogen) atoms. The Morgan fingerprint density at radius 2 is 1.60 bits per heavy atom. The first-order chi connectivity index (χ1) is 12.1. The van der Waals surface area contributed by atoms with E-state index in [9.17, 15) is 4.79 Å². The molecule has 0 fully saturated rings. The molecule has 0 saturated heterocycles. The highest BCUT2D eigenvalue weighted by Gasteiger charge is 2.07. The maximum atomic E-state index is 12.3. The van der Waals surface area contributed by atoms with Gasteiger partial charge in [-0.15, -0.1) is 0 Å². The molecule has 0 radical (unpaired) electrons. The third kappa shape index (κ3) is 4.46. The van der Waals surface area contributed by atoms with Crippen LogP contribution in [-0.2, 0) is 0 Å². The summed E-state index contributed by atoms with van der Waals surface area (Å²) in [6, 6.07) is 23.2. The molecular formula is C20H13BrN2O2. The van der Waals surface area contributed by atoms with Crippen LogP contribution in [0.15, 0.2) is 77.3 Å². The lowest BCUT2D eigenvalue weighted by atomic mass is 10.2. The number of nitrogens with one attached hydrogen (secondary N) is 1. The van der Waals surface area contributed by atoms with Crippen LogP contribution in [0.5, 0.6) is 11.5 Å². The van der Waals surface area contributed by atoms with Gasteiger partial charge >= 0.3 is 0 Å². The Bertz CT molecular complexity index is 929. The fraction of sp³-hybridized carbons (Fsp3) is 0. The van der Waals surface area contributed by atoms with Gasteiger partial charge in [0.25, 0.3) is 5.91 Å². The lowest BCUT2D eigenvalue weighted by molar-refractivity contribution is 0.102. The number of carbonyl (C=O) groups is 1. The lowest BCUT2D eigenvalue weighted by Gasteiger charge is -2.08. The van der Waals surface area contributed by atoms with Crippen LogP contribution in [0, 0.1) is 11.3 Å². The fourth-order valence-electron chi connectivity index (χ4n) is 2.18. The van der Waals surface area contributed by atoms with Crippen molar-refractivity contribution in [2.24, 2.45) is 0 Å². The van der Waals surface area contributed by atoms with Gasteiger partial charge in [0.05, 0.1) is 11.6 Å². The first kappa shape index (κ1) is 16.7. The summed E-state index contributed by atoms with van der Waals surface area (Å²) in [5.74, 6) is 1.05. The van der Waals surface area contributed by atoms with Crippen LogP contribution < -0.4 is 10.1 Å². The van der Waals surface area contributed by atoms with Gasteiger partial charge in [-0.2, -0.15) is 5.26 Å². The highest BCUT2D eigenvalue weighted by molar-refractivity contribution is 9.10. The smallest absolute Gasteiger partial charge is 0.255 e. The molecular weight excluding hydrogens is 380 g/mol. The Hall–Kier alpha value is -3.10. The Balaban J connectivity index is 1.66. The maximum Gasteiger partial charge on any atom is 0.255 e. The molecule has 1 N–H and O–H groups in total. The monoisotopic (exact) mass is 392 g/mol. The van der Waals surface area contributed by atoms with E-state index in [-0.39, 0.29) is 5.91 Å². The van der Waals surface area contributed by atoms with Crippen LogP contribution in [0.25, 0.3) is 0 Å². The molecule has 0 unspecified atom stereocenters. The van der Waals surface area contributed by atoms with Crippen molar-refractivity contribution in [3.63, 3.8) is 0 Å². The van der Waals surface area contributed by atoms with Crippen molar-refractivity contribution in [1.29, 1.82) is 5.26 Å². The highest BCUT2D eigenvalue weighted by atomic mass is 79.9. The van der Waals surface area contributed by atoms with E-state index in [1.165, 1.54) is 0 Å². The van der Waals surface area contributed by atoms with E-state index in [1.807, 2.05) is 24.3 Å². The molecule has 3 aromatic carbocycles. The number of nitriles is 1. The molecule has 0 atom stereocenters. The summed E-state index contributed by atoms with van der Waals surface area (Å²) in [7, 11) is 0. The van der Waals surface area contributed by atoms with Gasteiger partial charge in [-0.1, -0.05) is 22.0 Å². The summed E-state index contributed by atoms with van der Waals surface area (Å²) in [5, 5.41) is 11.6. The average molecular weight is 393 g/mol. The van der Waals surface area contributed by atoms with Crippen molar-refractivity contribution in [1.82, 2.24) is 0 Å². The Morgan fingerprint density at radius 3 is 2.20 bits per heavy atom. The van der Waals surface area contributed by atoms with Crippen LogP contribution in [0.2, 0.25) is 0 Å². The Kier molecular flexibility index (Phi) is 5.12. The minimum Gasteiger partial charge on any atom is -0.457 e. The van der Waals surface area contributed by atoms with Gasteiger partial charge in [0.1, 0.15) is 11.5 Å². The molecule has 5 heteroatoms. The quantitative estimate of drug-likeness (QED) is 0.649. The van der Waals surface area contributed by atoms with Crippen LogP contribution in [-0.4, -0.2) is 5.91 Å². The van der Waals surface area contributed by atoms with E-state index in [2.05, 4.69) is 27.3 Å². The van der Waals surface area contributed by atoms with Gasteiger partial charge in [-0.05, 0) is 66.7 Å². The van der Waals surface area contributed by atoms with Crippen LogP contribution >= 0.6 is 15.9 Å². The molecule has 0 bridgehead atoms. The molecule has 0 heterocycles. The predicted molar refractivity (Wildman–Crippen MR) is 99.8 cm³/mol. The number of rotatable bonds is 4. The number of nitrogens with zero attached hydrogens (tertiary/aromatic N) is 1. The zero-order valence-corrected chi connectivity index (χ0v) is 14.7. The molecule has 0 aliphatic rings. The third-order valence-corrected chi connectivity index (χ3v) is 3.91. The zero-order chi connectivity index (χ0) is 17.6. The molecule has 0 aliphatic heterocycles. The van der Waals surface area contributed by atoms with Crippen molar-refractivity contribution in [2.45, 2.75) is 0 Å². The number of carbonyl (C=O) groups excluding carboxylic acids is 1. The van der Waals surface area contributed by atoms with Crippen molar-refractivity contribution >= 4 is 27.5 Å². The van der Waals surface area contributed by atoms with Crippen LogP contribution in [0.1, 0.15) is 15.9 Å².